The normalized spacial score (nSPS) is 9.86. The first kappa shape index (κ1) is 10.7. The van der Waals surface area contributed by atoms with Gasteiger partial charge in [0.15, 0.2) is 0 Å². The zero-order valence-corrected chi connectivity index (χ0v) is 8.62. The SMILES string of the molecule is CCCCc1ccc(C(=O)OC)cn1. The van der Waals surface area contributed by atoms with Crippen molar-refractivity contribution in [3.63, 3.8) is 0 Å². The highest BCUT2D eigenvalue weighted by Gasteiger charge is 2.04. The Balaban J connectivity index is 2.63. The van der Waals surface area contributed by atoms with Crippen LogP contribution < -0.4 is 0 Å². The van der Waals surface area contributed by atoms with Gasteiger partial charge in [-0.25, -0.2) is 4.79 Å². The van der Waals surface area contributed by atoms with E-state index in [0.29, 0.717) is 5.56 Å². The Labute approximate surface area is 84.1 Å². The number of esters is 1. The summed E-state index contributed by atoms with van der Waals surface area (Å²) in [4.78, 5) is 15.3. The van der Waals surface area contributed by atoms with Crippen LogP contribution in [0.1, 0.15) is 35.8 Å². The topological polar surface area (TPSA) is 39.2 Å². The van der Waals surface area contributed by atoms with Crippen LogP contribution in [0.15, 0.2) is 18.3 Å². The highest BCUT2D eigenvalue weighted by atomic mass is 16.5. The number of aryl methyl sites for hydroxylation is 1. The molecule has 1 rings (SSSR count). The Morgan fingerprint density at radius 2 is 2.29 bits per heavy atom. The maximum atomic E-state index is 11.1. The van der Waals surface area contributed by atoms with Crippen LogP contribution in [0.5, 0.6) is 0 Å². The number of carbonyl (C=O) groups excluding carboxylic acids is 1. The van der Waals surface area contributed by atoms with Crippen molar-refractivity contribution in [2.75, 3.05) is 7.11 Å². The predicted molar refractivity (Wildman–Crippen MR) is 54.2 cm³/mol. The molecule has 0 aliphatic rings. The van der Waals surface area contributed by atoms with Crippen LogP contribution in [0.4, 0.5) is 0 Å². The van der Waals surface area contributed by atoms with Crippen molar-refractivity contribution in [3.05, 3.63) is 29.6 Å². The highest BCUT2D eigenvalue weighted by Crippen LogP contribution is 2.05. The van der Waals surface area contributed by atoms with E-state index >= 15 is 0 Å². The zero-order chi connectivity index (χ0) is 10.4. The number of pyridine rings is 1. The largest absolute Gasteiger partial charge is 0.465 e. The first-order valence-electron chi connectivity index (χ1n) is 4.81. The van der Waals surface area contributed by atoms with Crippen molar-refractivity contribution in [2.45, 2.75) is 26.2 Å². The molecule has 0 N–H and O–H groups in total. The van der Waals surface area contributed by atoms with Gasteiger partial charge in [-0.3, -0.25) is 4.98 Å². The van der Waals surface area contributed by atoms with Gasteiger partial charge in [0.05, 0.1) is 12.7 Å². The van der Waals surface area contributed by atoms with E-state index in [2.05, 4.69) is 16.6 Å². The number of nitrogens with zero attached hydrogens (tertiary/aromatic N) is 1. The smallest absolute Gasteiger partial charge is 0.339 e. The summed E-state index contributed by atoms with van der Waals surface area (Å²) < 4.78 is 4.58. The lowest BCUT2D eigenvalue weighted by molar-refractivity contribution is 0.0600. The molecule has 0 bridgehead atoms. The maximum Gasteiger partial charge on any atom is 0.339 e. The molecule has 3 heteroatoms. The van der Waals surface area contributed by atoms with E-state index in [1.807, 2.05) is 6.07 Å². The van der Waals surface area contributed by atoms with Crippen molar-refractivity contribution in [3.8, 4) is 0 Å². The molecule has 0 radical (unpaired) electrons. The quantitative estimate of drug-likeness (QED) is 0.688. The molecule has 0 saturated heterocycles. The molecule has 0 aromatic carbocycles. The van der Waals surface area contributed by atoms with E-state index in [0.717, 1.165) is 25.0 Å². The van der Waals surface area contributed by atoms with E-state index in [4.69, 9.17) is 0 Å². The van der Waals surface area contributed by atoms with Gasteiger partial charge in [0, 0.05) is 11.9 Å². The van der Waals surface area contributed by atoms with Gasteiger partial charge in [0.1, 0.15) is 0 Å². The molecule has 3 nitrogen and oxygen atoms in total. The van der Waals surface area contributed by atoms with Crippen LogP contribution in [-0.2, 0) is 11.2 Å². The molecule has 1 heterocycles. The number of ether oxygens (including phenoxy) is 1. The molecule has 0 amide bonds. The summed E-state index contributed by atoms with van der Waals surface area (Å²) >= 11 is 0. The molecule has 0 aliphatic heterocycles. The Bertz CT molecular complexity index is 293. The summed E-state index contributed by atoms with van der Waals surface area (Å²) in [5.74, 6) is -0.334. The molecule has 0 saturated carbocycles. The fourth-order valence-corrected chi connectivity index (χ4v) is 1.17. The van der Waals surface area contributed by atoms with Crippen molar-refractivity contribution in [1.29, 1.82) is 0 Å². The van der Waals surface area contributed by atoms with Gasteiger partial charge in [-0.2, -0.15) is 0 Å². The first-order valence-corrected chi connectivity index (χ1v) is 4.81. The minimum Gasteiger partial charge on any atom is -0.465 e. The maximum absolute atomic E-state index is 11.1. The van der Waals surface area contributed by atoms with Crippen LogP contribution in [0, 0.1) is 0 Å². The lowest BCUT2D eigenvalue weighted by Gasteiger charge is -2.01. The second-order valence-electron chi connectivity index (χ2n) is 3.13. The number of carbonyl (C=O) groups is 1. The number of hydrogen-bond donors (Lipinski definition) is 0. The van der Waals surface area contributed by atoms with E-state index in [9.17, 15) is 4.79 Å². The van der Waals surface area contributed by atoms with E-state index < -0.39 is 0 Å². The Morgan fingerprint density at radius 1 is 1.50 bits per heavy atom. The molecule has 1 aromatic heterocycles. The summed E-state index contributed by atoms with van der Waals surface area (Å²) in [7, 11) is 1.37. The minimum atomic E-state index is -0.334. The van der Waals surface area contributed by atoms with Gasteiger partial charge in [0.25, 0.3) is 0 Å². The van der Waals surface area contributed by atoms with E-state index in [1.165, 1.54) is 7.11 Å². The molecular formula is C11H15NO2. The lowest BCUT2D eigenvalue weighted by atomic mass is 10.1. The fourth-order valence-electron chi connectivity index (χ4n) is 1.17. The van der Waals surface area contributed by atoms with Gasteiger partial charge < -0.3 is 4.74 Å². The second-order valence-corrected chi connectivity index (χ2v) is 3.13. The standard InChI is InChI=1S/C11H15NO2/c1-3-4-5-10-7-6-9(8-12-10)11(13)14-2/h6-8H,3-5H2,1-2H3. The molecule has 0 unspecified atom stereocenters. The van der Waals surface area contributed by atoms with E-state index in [-0.39, 0.29) is 5.97 Å². The lowest BCUT2D eigenvalue weighted by Crippen LogP contribution is -2.02. The average molecular weight is 193 g/mol. The van der Waals surface area contributed by atoms with Gasteiger partial charge in [-0.05, 0) is 25.0 Å². The predicted octanol–water partition coefficient (Wildman–Crippen LogP) is 2.21. The molecule has 0 aliphatic carbocycles. The van der Waals surface area contributed by atoms with Gasteiger partial charge >= 0.3 is 5.97 Å². The van der Waals surface area contributed by atoms with Crippen LogP contribution in [0.3, 0.4) is 0 Å². The zero-order valence-electron chi connectivity index (χ0n) is 8.62. The minimum absolute atomic E-state index is 0.334. The molecule has 0 fully saturated rings. The average Bonchev–Trinajstić information content (AvgIpc) is 2.26. The van der Waals surface area contributed by atoms with Crippen LogP contribution >= 0.6 is 0 Å². The Hall–Kier alpha value is -1.38. The molecule has 1 aromatic rings. The molecule has 76 valence electrons. The summed E-state index contributed by atoms with van der Waals surface area (Å²) in [6, 6.07) is 3.63. The summed E-state index contributed by atoms with van der Waals surface area (Å²) in [5.41, 5.74) is 1.53. The molecule has 0 atom stereocenters. The third kappa shape index (κ3) is 2.83. The molecule has 0 spiro atoms. The van der Waals surface area contributed by atoms with Gasteiger partial charge in [-0.15, -0.1) is 0 Å². The Kier molecular flexibility index (Phi) is 4.11. The highest BCUT2D eigenvalue weighted by molar-refractivity contribution is 5.88. The third-order valence-corrected chi connectivity index (χ3v) is 2.03. The number of methoxy groups -OCH3 is 1. The third-order valence-electron chi connectivity index (χ3n) is 2.03. The van der Waals surface area contributed by atoms with E-state index in [1.54, 1.807) is 12.3 Å². The van der Waals surface area contributed by atoms with Crippen LogP contribution in [-0.4, -0.2) is 18.1 Å². The fraction of sp³-hybridized carbons (Fsp3) is 0.455. The number of rotatable bonds is 4. The number of aromatic nitrogens is 1. The molecule has 14 heavy (non-hydrogen) atoms. The Morgan fingerprint density at radius 3 is 2.79 bits per heavy atom. The molecular weight excluding hydrogens is 178 g/mol. The van der Waals surface area contributed by atoms with Crippen molar-refractivity contribution in [1.82, 2.24) is 4.98 Å². The summed E-state index contributed by atoms with van der Waals surface area (Å²) in [6.07, 6.45) is 4.82. The van der Waals surface area contributed by atoms with Crippen molar-refractivity contribution < 1.29 is 9.53 Å². The van der Waals surface area contributed by atoms with Crippen molar-refractivity contribution in [2.24, 2.45) is 0 Å². The summed E-state index contributed by atoms with van der Waals surface area (Å²) in [5, 5.41) is 0. The van der Waals surface area contributed by atoms with Crippen LogP contribution in [0.2, 0.25) is 0 Å². The number of unbranched alkanes of at least 4 members (excludes halogenated alkanes) is 1. The monoisotopic (exact) mass is 193 g/mol. The van der Waals surface area contributed by atoms with Gasteiger partial charge in [-0.1, -0.05) is 13.3 Å². The number of hydrogen-bond acceptors (Lipinski definition) is 3. The second kappa shape index (κ2) is 5.37. The summed E-state index contributed by atoms with van der Waals surface area (Å²) in [6.45, 7) is 2.14. The van der Waals surface area contributed by atoms with Crippen molar-refractivity contribution >= 4 is 5.97 Å². The van der Waals surface area contributed by atoms with Crippen LogP contribution in [0.25, 0.3) is 0 Å². The van der Waals surface area contributed by atoms with Gasteiger partial charge in [0.2, 0.25) is 0 Å². The first-order chi connectivity index (χ1) is 6.77.